The Hall–Kier alpha value is -2.34. The number of benzene rings is 1. The molecule has 2 aliphatic rings. The number of carbonyl (C=O) groups is 1. The smallest absolute Gasteiger partial charge is 0.271 e. The highest BCUT2D eigenvalue weighted by Gasteiger charge is 2.32. The third-order valence-corrected chi connectivity index (χ3v) is 6.28. The number of rotatable bonds is 7. The van der Waals surface area contributed by atoms with E-state index in [9.17, 15) is 4.79 Å². The first-order chi connectivity index (χ1) is 14.8. The lowest BCUT2D eigenvalue weighted by Crippen LogP contribution is -2.47. The van der Waals surface area contributed by atoms with Gasteiger partial charge in [-0.1, -0.05) is 12.1 Å². The summed E-state index contributed by atoms with van der Waals surface area (Å²) >= 11 is 0. The van der Waals surface area contributed by atoms with E-state index in [1.807, 2.05) is 10.7 Å². The van der Waals surface area contributed by atoms with Gasteiger partial charge in [0.1, 0.15) is 5.69 Å². The number of carbonyl (C=O) groups excluding carboxylic acids is 1. The van der Waals surface area contributed by atoms with E-state index in [4.69, 9.17) is 0 Å². The van der Waals surface area contributed by atoms with Crippen molar-refractivity contribution < 1.29 is 4.79 Å². The highest BCUT2D eigenvalue weighted by molar-refractivity contribution is 5.92. The summed E-state index contributed by atoms with van der Waals surface area (Å²) in [5, 5.41) is 7.72. The minimum absolute atomic E-state index is 0.0471. The van der Waals surface area contributed by atoms with E-state index in [1.165, 1.54) is 29.8 Å². The molecule has 0 radical (unpaired) electrons. The molecule has 1 aromatic carbocycles. The molecule has 6 nitrogen and oxygen atoms in total. The number of aryl methyl sites for hydroxylation is 1. The van der Waals surface area contributed by atoms with Crippen LogP contribution in [0.25, 0.3) is 0 Å². The molecule has 1 aromatic heterocycles. The molecular formula is C25H37N5O. The van der Waals surface area contributed by atoms with E-state index in [0.29, 0.717) is 18.2 Å². The predicted molar refractivity (Wildman–Crippen MR) is 126 cm³/mol. The quantitative estimate of drug-likeness (QED) is 0.689. The van der Waals surface area contributed by atoms with Crippen molar-refractivity contribution in [1.29, 1.82) is 0 Å². The lowest BCUT2D eigenvalue weighted by atomic mass is 10.1. The number of piperazine rings is 1. The van der Waals surface area contributed by atoms with Gasteiger partial charge in [0.2, 0.25) is 0 Å². The largest absolute Gasteiger partial charge is 0.369 e. The van der Waals surface area contributed by atoms with Gasteiger partial charge in [-0.15, -0.1) is 0 Å². The lowest BCUT2D eigenvalue weighted by molar-refractivity contribution is 0.0945. The fourth-order valence-electron chi connectivity index (χ4n) is 4.36. The van der Waals surface area contributed by atoms with Crippen LogP contribution >= 0.6 is 0 Å². The Kier molecular flexibility index (Phi) is 6.37. The molecule has 1 aliphatic carbocycles. The van der Waals surface area contributed by atoms with Crippen molar-refractivity contribution >= 4 is 11.6 Å². The number of aromatic nitrogens is 2. The first kappa shape index (κ1) is 21.9. The van der Waals surface area contributed by atoms with Gasteiger partial charge in [-0.05, 0) is 77.3 Å². The minimum atomic E-state index is -0.100. The van der Waals surface area contributed by atoms with E-state index < -0.39 is 0 Å². The zero-order valence-electron chi connectivity index (χ0n) is 19.5. The number of hydrogen-bond donors (Lipinski definition) is 1. The van der Waals surface area contributed by atoms with Crippen LogP contribution in [0, 0.1) is 6.92 Å². The van der Waals surface area contributed by atoms with Gasteiger partial charge in [-0.2, -0.15) is 5.10 Å². The molecule has 1 saturated carbocycles. The normalized spacial score (nSPS) is 17.7. The Morgan fingerprint density at radius 3 is 2.52 bits per heavy atom. The van der Waals surface area contributed by atoms with Crippen molar-refractivity contribution in [2.24, 2.45) is 0 Å². The molecule has 0 unspecified atom stereocenters. The molecule has 0 atom stereocenters. The van der Waals surface area contributed by atoms with E-state index in [2.05, 4.69) is 72.2 Å². The van der Waals surface area contributed by atoms with Gasteiger partial charge >= 0.3 is 0 Å². The average molecular weight is 424 g/mol. The van der Waals surface area contributed by atoms with E-state index in [-0.39, 0.29) is 11.4 Å². The van der Waals surface area contributed by atoms with Gasteiger partial charge in [-0.25, -0.2) is 0 Å². The highest BCUT2D eigenvalue weighted by atomic mass is 16.1. The van der Waals surface area contributed by atoms with Crippen LogP contribution in [-0.4, -0.2) is 59.9 Å². The Morgan fingerprint density at radius 2 is 1.87 bits per heavy atom. The summed E-state index contributed by atoms with van der Waals surface area (Å²) in [4.78, 5) is 17.6. The summed E-state index contributed by atoms with van der Waals surface area (Å²) in [5.74, 6) is 0.529. The molecule has 0 spiro atoms. The maximum absolute atomic E-state index is 12.7. The zero-order valence-corrected chi connectivity index (χ0v) is 19.5. The number of nitrogens with one attached hydrogen (secondary N) is 1. The van der Waals surface area contributed by atoms with Crippen LogP contribution in [0.15, 0.2) is 30.3 Å². The molecule has 4 rings (SSSR count). The van der Waals surface area contributed by atoms with Crippen molar-refractivity contribution in [3.8, 4) is 0 Å². The second-order valence-corrected chi connectivity index (χ2v) is 10.1. The van der Waals surface area contributed by atoms with Gasteiger partial charge in [0.15, 0.2) is 0 Å². The number of anilines is 1. The third-order valence-electron chi connectivity index (χ3n) is 6.28. The number of hydrogen-bond acceptors (Lipinski definition) is 4. The summed E-state index contributed by atoms with van der Waals surface area (Å²) in [6.07, 6.45) is 3.38. The summed E-state index contributed by atoms with van der Waals surface area (Å²) in [5.41, 5.74) is 4.31. The fourth-order valence-corrected chi connectivity index (χ4v) is 4.36. The second-order valence-electron chi connectivity index (χ2n) is 10.1. The van der Waals surface area contributed by atoms with Crippen LogP contribution < -0.4 is 10.2 Å². The van der Waals surface area contributed by atoms with Crippen molar-refractivity contribution in [2.45, 2.75) is 58.4 Å². The number of amides is 1. The summed E-state index contributed by atoms with van der Waals surface area (Å²) < 4.78 is 2.05. The summed E-state index contributed by atoms with van der Waals surface area (Å²) in [6, 6.07) is 10.8. The molecule has 1 aliphatic heterocycles. The topological polar surface area (TPSA) is 53.4 Å². The van der Waals surface area contributed by atoms with Crippen LogP contribution in [0.2, 0.25) is 0 Å². The molecular weight excluding hydrogens is 386 g/mol. The van der Waals surface area contributed by atoms with E-state index in [0.717, 1.165) is 39.1 Å². The standard InChI is InChI=1S/C25H37N5O/c1-19-7-5-8-21(17-19)29-15-13-28(14-16-29)12-6-11-26-24(31)22-18-23(20-9-10-20)30(27-22)25(2,3)4/h5,7-8,17-18,20H,6,9-16H2,1-4H3,(H,26,31). The van der Waals surface area contributed by atoms with Crippen LogP contribution in [0.3, 0.4) is 0 Å². The molecule has 1 saturated heterocycles. The maximum atomic E-state index is 12.7. The Bertz CT molecular complexity index is 901. The average Bonchev–Trinajstić information content (AvgIpc) is 3.48. The van der Waals surface area contributed by atoms with Gasteiger partial charge in [0.25, 0.3) is 5.91 Å². The Balaban J connectivity index is 1.21. The van der Waals surface area contributed by atoms with Crippen LogP contribution in [0.1, 0.15) is 67.7 Å². The first-order valence-corrected chi connectivity index (χ1v) is 11.7. The lowest BCUT2D eigenvalue weighted by Gasteiger charge is -2.36. The predicted octanol–water partition coefficient (Wildman–Crippen LogP) is 3.77. The Labute approximate surface area is 186 Å². The molecule has 6 heteroatoms. The maximum Gasteiger partial charge on any atom is 0.271 e. The van der Waals surface area contributed by atoms with Crippen molar-refractivity contribution in [1.82, 2.24) is 20.0 Å². The van der Waals surface area contributed by atoms with Crippen LogP contribution in [0.4, 0.5) is 5.69 Å². The monoisotopic (exact) mass is 423 g/mol. The number of nitrogens with zero attached hydrogens (tertiary/aromatic N) is 4. The third kappa shape index (κ3) is 5.48. The molecule has 0 bridgehead atoms. The van der Waals surface area contributed by atoms with Gasteiger partial charge in [0.05, 0.1) is 5.54 Å². The molecule has 2 aromatic rings. The van der Waals surface area contributed by atoms with Gasteiger partial charge in [0, 0.05) is 50.0 Å². The highest BCUT2D eigenvalue weighted by Crippen LogP contribution is 2.41. The molecule has 168 valence electrons. The minimum Gasteiger partial charge on any atom is -0.369 e. The fraction of sp³-hybridized carbons (Fsp3) is 0.600. The van der Waals surface area contributed by atoms with Crippen LogP contribution in [-0.2, 0) is 5.54 Å². The van der Waals surface area contributed by atoms with Crippen LogP contribution in [0.5, 0.6) is 0 Å². The van der Waals surface area contributed by atoms with Gasteiger partial charge < -0.3 is 10.2 Å². The second kappa shape index (κ2) is 9.03. The SMILES string of the molecule is Cc1cccc(N2CCN(CCCNC(=O)c3cc(C4CC4)n(C(C)(C)C)n3)CC2)c1. The first-order valence-electron chi connectivity index (χ1n) is 11.7. The van der Waals surface area contributed by atoms with Crippen molar-refractivity contribution in [3.05, 3.63) is 47.3 Å². The zero-order chi connectivity index (χ0) is 22.0. The molecule has 2 fully saturated rings. The van der Waals surface area contributed by atoms with E-state index in [1.54, 1.807) is 0 Å². The molecule has 1 amide bonds. The summed E-state index contributed by atoms with van der Waals surface area (Å²) in [7, 11) is 0. The molecule has 2 heterocycles. The van der Waals surface area contributed by atoms with Gasteiger partial charge in [-0.3, -0.25) is 14.4 Å². The molecule has 31 heavy (non-hydrogen) atoms. The van der Waals surface area contributed by atoms with Crippen molar-refractivity contribution in [2.75, 3.05) is 44.2 Å². The van der Waals surface area contributed by atoms with E-state index >= 15 is 0 Å². The summed E-state index contributed by atoms with van der Waals surface area (Å²) in [6.45, 7) is 14.6. The molecule has 1 N–H and O–H groups in total. The Morgan fingerprint density at radius 1 is 1.13 bits per heavy atom. The van der Waals surface area contributed by atoms with Crippen molar-refractivity contribution in [3.63, 3.8) is 0 Å².